The van der Waals surface area contributed by atoms with Crippen LogP contribution in [0.2, 0.25) is 0 Å². The van der Waals surface area contributed by atoms with Crippen LogP contribution in [0.3, 0.4) is 0 Å². The first-order valence-corrected chi connectivity index (χ1v) is 9.60. The topological polar surface area (TPSA) is 63.6 Å². The first-order chi connectivity index (χ1) is 16.0. The number of hydrogen-bond acceptors (Lipinski definition) is 3. The van der Waals surface area contributed by atoms with Crippen molar-refractivity contribution in [3.05, 3.63) is 35.9 Å². The van der Waals surface area contributed by atoms with Gasteiger partial charge < -0.3 is 4.74 Å². The Bertz CT molecular complexity index is 1150. The van der Waals surface area contributed by atoms with E-state index in [-0.39, 0.29) is 12.1 Å². The molecular weight excluding hydrogens is 599 g/mol. The number of alkyl halides is 15. The van der Waals surface area contributed by atoms with Crippen LogP contribution in [0.15, 0.2) is 40.8 Å². The highest BCUT2D eigenvalue weighted by molar-refractivity contribution is 7.85. The number of allylic oxidation sites excluding steroid dienone is 2. The molecule has 1 aromatic carbocycles. The lowest BCUT2D eigenvalue weighted by Gasteiger charge is -2.40. The third-order valence-electron chi connectivity index (χ3n) is 4.01. The summed E-state index contributed by atoms with van der Waals surface area (Å²) in [4.78, 5) is -1.47. The zero-order valence-corrected chi connectivity index (χ0v) is 17.1. The van der Waals surface area contributed by atoms with Crippen LogP contribution in [0.4, 0.5) is 74.6 Å². The summed E-state index contributed by atoms with van der Waals surface area (Å²) in [5, 5.41) is 0. The van der Waals surface area contributed by atoms with E-state index in [1.165, 1.54) is 0 Å². The second-order valence-corrected chi connectivity index (χ2v) is 7.99. The fourth-order valence-corrected chi connectivity index (χ4v) is 2.60. The van der Waals surface area contributed by atoms with Gasteiger partial charge in [-0.15, -0.1) is 0 Å². The van der Waals surface area contributed by atoms with Crippen molar-refractivity contribution in [3.8, 4) is 5.75 Å². The maximum absolute atomic E-state index is 13.8. The monoisotopic (exact) mass is 604 g/mol. The maximum atomic E-state index is 13.8. The second-order valence-electron chi connectivity index (χ2n) is 6.57. The van der Waals surface area contributed by atoms with E-state index in [0.29, 0.717) is 12.1 Å². The summed E-state index contributed by atoms with van der Waals surface area (Å²) in [6.07, 6.45) is -14.1. The third kappa shape index (κ3) is 5.25. The average molecular weight is 604 g/mol. The zero-order valence-electron chi connectivity index (χ0n) is 16.3. The van der Waals surface area contributed by atoms with Gasteiger partial charge in [-0.2, -0.15) is 78.7 Å². The van der Waals surface area contributed by atoms with E-state index in [2.05, 4.69) is 4.74 Å². The standard InChI is InChI=1S/C15H5F17O4S/c16-7(8(17)10(20,21)22)9(18,19)11(23,24)12(25,26)13(27,28)14(29,30)15(31,32)36-5-2-1-3-6(4-5)37(33,34)35/h1-4H,(H,33,34,35)/b8-7+. The van der Waals surface area contributed by atoms with Gasteiger partial charge in [-0.3, -0.25) is 4.55 Å². The largest absolute Gasteiger partial charge is 0.471 e. The zero-order chi connectivity index (χ0) is 29.8. The van der Waals surface area contributed by atoms with Crippen LogP contribution < -0.4 is 4.74 Å². The van der Waals surface area contributed by atoms with E-state index in [4.69, 9.17) is 4.55 Å². The van der Waals surface area contributed by atoms with Gasteiger partial charge in [-0.05, 0) is 12.1 Å². The Balaban J connectivity index is 3.64. The summed E-state index contributed by atoms with van der Waals surface area (Å²) in [6, 6.07) is 0.334. The molecule has 0 radical (unpaired) electrons. The molecule has 0 atom stereocenters. The molecule has 22 heteroatoms. The lowest BCUT2D eigenvalue weighted by atomic mass is 9.93. The van der Waals surface area contributed by atoms with Crippen LogP contribution in [0.25, 0.3) is 0 Å². The van der Waals surface area contributed by atoms with Gasteiger partial charge >= 0.3 is 41.9 Å². The first kappa shape index (κ1) is 32.5. The van der Waals surface area contributed by atoms with Crippen molar-refractivity contribution in [2.45, 2.75) is 46.8 Å². The van der Waals surface area contributed by atoms with Crippen molar-refractivity contribution in [2.75, 3.05) is 0 Å². The molecule has 4 nitrogen and oxygen atoms in total. The summed E-state index contributed by atoms with van der Waals surface area (Å²) in [7, 11) is -5.34. The summed E-state index contributed by atoms with van der Waals surface area (Å²) in [5.74, 6) is -53.5. The minimum Gasteiger partial charge on any atom is -0.428 e. The van der Waals surface area contributed by atoms with Gasteiger partial charge in [0.25, 0.3) is 10.1 Å². The van der Waals surface area contributed by atoms with Crippen molar-refractivity contribution in [2.24, 2.45) is 0 Å². The van der Waals surface area contributed by atoms with Gasteiger partial charge in [0.05, 0.1) is 4.90 Å². The average Bonchev–Trinajstić information content (AvgIpc) is 2.70. The van der Waals surface area contributed by atoms with Crippen LogP contribution in [-0.4, -0.2) is 54.9 Å². The molecule has 1 rings (SSSR count). The molecule has 1 aromatic rings. The molecule has 0 spiro atoms. The van der Waals surface area contributed by atoms with Crippen molar-refractivity contribution >= 4 is 10.1 Å². The minimum absolute atomic E-state index is 0.0256. The lowest BCUT2D eigenvalue weighted by molar-refractivity contribution is -0.444. The molecule has 0 aliphatic carbocycles. The van der Waals surface area contributed by atoms with Crippen molar-refractivity contribution in [3.63, 3.8) is 0 Å². The highest BCUT2D eigenvalue weighted by Crippen LogP contribution is 2.61. The molecule has 0 bridgehead atoms. The van der Waals surface area contributed by atoms with Gasteiger partial charge in [0.2, 0.25) is 11.7 Å². The number of rotatable bonds is 9. The molecule has 0 saturated carbocycles. The number of ether oxygens (including phenoxy) is 1. The van der Waals surface area contributed by atoms with E-state index in [1.54, 1.807) is 0 Å². The SMILES string of the molecule is O=S(=O)(O)c1cccc(OC(F)(F)C(F)(F)C(F)(F)C(F)(F)C(F)(F)C(F)(F)/C(F)=C(\F)C(F)(F)F)c1. The van der Waals surface area contributed by atoms with Gasteiger partial charge in [0.15, 0.2) is 0 Å². The van der Waals surface area contributed by atoms with Gasteiger partial charge in [0.1, 0.15) is 5.75 Å². The van der Waals surface area contributed by atoms with Crippen LogP contribution in [-0.2, 0) is 10.1 Å². The second kappa shape index (κ2) is 9.05. The molecule has 0 saturated heterocycles. The Morgan fingerprint density at radius 2 is 1.11 bits per heavy atom. The Morgan fingerprint density at radius 3 is 1.51 bits per heavy atom. The molecule has 1 N–H and O–H groups in total. The summed E-state index contributed by atoms with van der Waals surface area (Å²) < 4.78 is 258. The number of benzene rings is 1. The summed E-state index contributed by atoms with van der Waals surface area (Å²) in [5.41, 5.74) is 0. The molecule has 0 amide bonds. The Hall–Kier alpha value is -2.52. The van der Waals surface area contributed by atoms with Crippen molar-refractivity contribution in [1.29, 1.82) is 0 Å². The number of hydrogen-bond donors (Lipinski definition) is 1. The van der Waals surface area contributed by atoms with Gasteiger partial charge in [0, 0.05) is 6.07 Å². The molecular formula is C15H5F17O4S. The molecule has 0 heterocycles. The van der Waals surface area contributed by atoms with E-state index >= 15 is 0 Å². The van der Waals surface area contributed by atoms with E-state index in [9.17, 15) is 83.1 Å². The van der Waals surface area contributed by atoms with Crippen LogP contribution >= 0.6 is 0 Å². The molecule has 0 unspecified atom stereocenters. The van der Waals surface area contributed by atoms with Gasteiger partial charge in [-0.1, -0.05) is 6.07 Å². The normalized spacial score (nSPS) is 15.9. The predicted molar refractivity (Wildman–Crippen MR) is 81.9 cm³/mol. The Labute approximate surface area is 192 Å². The minimum atomic E-state index is -8.58. The maximum Gasteiger partial charge on any atom is 0.471 e. The van der Waals surface area contributed by atoms with E-state index in [1.807, 2.05) is 0 Å². The highest BCUT2D eigenvalue weighted by atomic mass is 32.2. The van der Waals surface area contributed by atoms with E-state index < -0.39 is 74.3 Å². The quantitative estimate of drug-likeness (QED) is 0.249. The Morgan fingerprint density at radius 1 is 0.676 bits per heavy atom. The molecule has 214 valence electrons. The fraction of sp³-hybridized carbons (Fsp3) is 0.467. The lowest BCUT2D eigenvalue weighted by Crippen LogP contribution is -2.71. The predicted octanol–water partition coefficient (Wildman–Crippen LogP) is 6.79. The highest BCUT2D eigenvalue weighted by Gasteiger charge is 2.92. The van der Waals surface area contributed by atoms with Crippen LogP contribution in [0, 0.1) is 0 Å². The van der Waals surface area contributed by atoms with Crippen LogP contribution in [0.5, 0.6) is 5.75 Å². The van der Waals surface area contributed by atoms with Crippen molar-refractivity contribution in [1.82, 2.24) is 0 Å². The smallest absolute Gasteiger partial charge is 0.428 e. The van der Waals surface area contributed by atoms with Crippen LogP contribution in [0.1, 0.15) is 0 Å². The third-order valence-corrected chi connectivity index (χ3v) is 4.86. The fourth-order valence-electron chi connectivity index (χ4n) is 2.08. The molecule has 0 fully saturated rings. The van der Waals surface area contributed by atoms with Crippen molar-refractivity contribution < 1.29 is 92.3 Å². The summed E-state index contributed by atoms with van der Waals surface area (Å²) in [6.45, 7) is 0. The number of halogens is 17. The Kier molecular flexibility index (Phi) is 7.95. The molecule has 0 aliphatic rings. The molecule has 0 aromatic heterocycles. The van der Waals surface area contributed by atoms with Gasteiger partial charge in [-0.25, -0.2) is 4.39 Å². The first-order valence-electron chi connectivity index (χ1n) is 8.16. The van der Waals surface area contributed by atoms with E-state index in [0.717, 1.165) is 0 Å². The summed E-state index contributed by atoms with van der Waals surface area (Å²) >= 11 is 0. The molecule has 0 aliphatic heterocycles. The molecule has 37 heavy (non-hydrogen) atoms.